The predicted octanol–water partition coefficient (Wildman–Crippen LogP) is 2.05. The third-order valence-electron chi connectivity index (χ3n) is 5.75. The standard InChI is InChI=1S/C24H30N3O9P/c1-15(2)34-22(31)16(3)26-37(32,36-18-8-6-5-7-9-18)33-13-19-21(30)24(4,14-25)23(35-19)27-11-10-17(28)12-20(27)29/h5-11,15-16,19,21,23,30H,12-13H2,1-4H3,(H,26,32)/t16-,19-,21-,23-,24-,37?/m1/s1. The van der Waals surface area contributed by atoms with Gasteiger partial charge >= 0.3 is 13.7 Å². The molecule has 0 bridgehead atoms. The summed E-state index contributed by atoms with van der Waals surface area (Å²) in [5.41, 5.74) is -1.60. The van der Waals surface area contributed by atoms with Gasteiger partial charge in [-0.25, -0.2) is 4.57 Å². The molecule has 0 spiro atoms. The number of para-hydroxylation sites is 1. The molecule has 2 heterocycles. The van der Waals surface area contributed by atoms with Crippen LogP contribution in [0.5, 0.6) is 5.75 Å². The molecule has 1 aromatic carbocycles. The van der Waals surface area contributed by atoms with Gasteiger partial charge in [-0.05, 0) is 45.9 Å². The smallest absolute Gasteiger partial charge is 0.459 e. The van der Waals surface area contributed by atoms with Crippen molar-refractivity contribution in [3.63, 3.8) is 0 Å². The van der Waals surface area contributed by atoms with Crippen molar-refractivity contribution in [3.8, 4) is 11.8 Å². The normalized spacial score (nSPS) is 28.0. The van der Waals surface area contributed by atoms with Crippen LogP contribution < -0.4 is 9.61 Å². The number of benzene rings is 1. The fraction of sp³-hybridized carbons (Fsp3) is 0.500. The van der Waals surface area contributed by atoms with Crippen molar-refractivity contribution in [3.05, 3.63) is 42.6 Å². The molecule has 0 radical (unpaired) electrons. The van der Waals surface area contributed by atoms with Gasteiger partial charge in [0.25, 0.3) is 0 Å². The summed E-state index contributed by atoms with van der Waals surface area (Å²) in [6, 6.07) is 8.99. The Labute approximate surface area is 214 Å². The number of nitrogens with zero attached hydrogens (tertiary/aromatic N) is 2. The van der Waals surface area contributed by atoms with Gasteiger partial charge in [-0.2, -0.15) is 10.3 Å². The molecule has 6 atom stereocenters. The van der Waals surface area contributed by atoms with Crippen LogP contribution in [0.2, 0.25) is 0 Å². The van der Waals surface area contributed by atoms with Crippen LogP contribution in [0.3, 0.4) is 0 Å². The summed E-state index contributed by atoms with van der Waals surface area (Å²) in [6.45, 7) is 5.64. The summed E-state index contributed by atoms with van der Waals surface area (Å²) in [6.07, 6.45) is -2.32. The molecule has 2 N–H and O–H groups in total. The summed E-state index contributed by atoms with van der Waals surface area (Å²) in [7, 11) is -4.26. The van der Waals surface area contributed by atoms with Gasteiger partial charge in [-0.15, -0.1) is 0 Å². The minimum atomic E-state index is -4.26. The predicted molar refractivity (Wildman–Crippen MR) is 128 cm³/mol. The zero-order valence-electron chi connectivity index (χ0n) is 20.9. The van der Waals surface area contributed by atoms with Crippen LogP contribution in [0.4, 0.5) is 0 Å². The quantitative estimate of drug-likeness (QED) is 0.256. The van der Waals surface area contributed by atoms with Crippen molar-refractivity contribution in [2.24, 2.45) is 5.41 Å². The first-order chi connectivity index (χ1) is 17.4. The van der Waals surface area contributed by atoms with Crippen molar-refractivity contribution in [1.82, 2.24) is 9.99 Å². The second-order valence-corrected chi connectivity index (χ2v) is 10.9. The largest absolute Gasteiger partial charge is 0.462 e. The molecule has 1 saturated heterocycles. The Hall–Kier alpha value is -3.07. The number of rotatable bonds is 10. The van der Waals surface area contributed by atoms with E-state index in [1.807, 2.05) is 6.07 Å². The van der Waals surface area contributed by atoms with E-state index in [4.69, 9.17) is 18.5 Å². The van der Waals surface area contributed by atoms with E-state index in [9.17, 15) is 29.3 Å². The lowest BCUT2D eigenvalue weighted by Gasteiger charge is -2.33. The second-order valence-electron chi connectivity index (χ2n) is 9.16. The zero-order valence-corrected chi connectivity index (χ0v) is 21.8. The van der Waals surface area contributed by atoms with Crippen LogP contribution in [-0.2, 0) is 32.9 Å². The molecule has 0 aliphatic carbocycles. The van der Waals surface area contributed by atoms with Gasteiger partial charge in [0.15, 0.2) is 12.0 Å². The van der Waals surface area contributed by atoms with E-state index >= 15 is 0 Å². The maximum atomic E-state index is 13.7. The Morgan fingerprint density at radius 3 is 2.59 bits per heavy atom. The van der Waals surface area contributed by atoms with E-state index in [2.05, 4.69) is 5.09 Å². The van der Waals surface area contributed by atoms with Crippen LogP contribution >= 0.6 is 7.75 Å². The van der Waals surface area contributed by atoms with Gasteiger partial charge in [0, 0.05) is 6.20 Å². The highest BCUT2D eigenvalue weighted by molar-refractivity contribution is 7.52. The van der Waals surface area contributed by atoms with E-state index in [0.717, 1.165) is 4.90 Å². The molecule has 1 unspecified atom stereocenters. The molecule has 37 heavy (non-hydrogen) atoms. The van der Waals surface area contributed by atoms with E-state index in [-0.39, 0.29) is 5.75 Å². The number of ketones is 1. The Bertz CT molecular complexity index is 1140. The maximum absolute atomic E-state index is 13.7. The molecule has 3 rings (SSSR count). The second kappa shape index (κ2) is 11.5. The number of allylic oxidation sites excluding steroid dienone is 1. The van der Waals surface area contributed by atoms with E-state index in [1.54, 1.807) is 32.0 Å². The van der Waals surface area contributed by atoms with Crippen LogP contribution in [0.25, 0.3) is 0 Å². The lowest BCUT2D eigenvalue weighted by atomic mass is 9.83. The molecule has 1 fully saturated rings. The number of carbonyl (C=O) groups is 3. The Morgan fingerprint density at radius 2 is 2.00 bits per heavy atom. The number of hydrogen-bond donors (Lipinski definition) is 2. The number of aliphatic hydroxyl groups is 1. The topological polar surface area (TPSA) is 164 Å². The number of carbonyl (C=O) groups excluding carboxylic acids is 3. The number of nitrogens with one attached hydrogen (secondary N) is 1. The van der Waals surface area contributed by atoms with Crippen molar-refractivity contribution < 1.29 is 42.6 Å². The molecule has 1 aromatic rings. The van der Waals surface area contributed by atoms with Crippen molar-refractivity contribution in [2.45, 2.75) is 64.7 Å². The van der Waals surface area contributed by atoms with Gasteiger partial charge in [0.05, 0.1) is 25.2 Å². The van der Waals surface area contributed by atoms with Gasteiger partial charge < -0.3 is 19.1 Å². The lowest BCUT2D eigenvalue weighted by molar-refractivity contribution is -0.149. The van der Waals surface area contributed by atoms with Crippen molar-refractivity contribution in [1.29, 1.82) is 5.26 Å². The number of nitriles is 1. The lowest BCUT2D eigenvalue weighted by Crippen LogP contribution is -2.48. The highest BCUT2D eigenvalue weighted by atomic mass is 31.2. The van der Waals surface area contributed by atoms with Crippen LogP contribution in [0, 0.1) is 16.7 Å². The number of esters is 1. The van der Waals surface area contributed by atoms with E-state index < -0.39 is 74.4 Å². The fourth-order valence-corrected chi connectivity index (χ4v) is 5.28. The summed E-state index contributed by atoms with van der Waals surface area (Å²) in [4.78, 5) is 37.4. The maximum Gasteiger partial charge on any atom is 0.459 e. The van der Waals surface area contributed by atoms with Crippen LogP contribution in [0.15, 0.2) is 42.6 Å². The van der Waals surface area contributed by atoms with Gasteiger partial charge in [-0.1, -0.05) is 18.2 Å². The van der Waals surface area contributed by atoms with Gasteiger partial charge in [0.1, 0.15) is 29.4 Å². The molecule has 1 amide bonds. The molecule has 13 heteroatoms. The average Bonchev–Trinajstić information content (AvgIpc) is 3.08. The molecule has 0 aromatic heterocycles. The highest BCUT2D eigenvalue weighted by Gasteiger charge is 2.57. The monoisotopic (exact) mass is 535 g/mol. The fourth-order valence-electron chi connectivity index (χ4n) is 3.78. The number of hydrogen-bond acceptors (Lipinski definition) is 10. The zero-order chi connectivity index (χ0) is 27.4. The summed E-state index contributed by atoms with van der Waals surface area (Å²) >= 11 is 0. The highest BCUT2D eigenvalue weighted by Crippen LogP contribution is 2.47. The SMILES string of the molecule is CC(C)OC(=O)[C@@H](C)NP(=O)(OC[C@H]1O[C@@H](N2C=CC(=O)CC2=O)[C@](C)(C#N)[C@@H]1O)Oc1ccccc1. The third kappa shape index (κ3) is 6.63. The summed E-state index contributed by atoms with van der Waals surface area (Å²) < 4.78 is 35.8. The van der Waals surface area contributed by atoms with E-state index in [1.165, 1.54) is 38.3 Å². The van der Waals surface area contributed by atoms with E-state index in [0.29, 0.717) is 0 Å². The first-order valence-electron chi connectivity index (χ1n) is 11.6. The average molecular weight is 535 g/mol. The van der Waals surface area contributed by atoms with Crippen molar-refractivity contribution >= 4 is 25.4 Å². The Kier molecular flexibility index (Phi) is 8.89. The molecule has 200 valence electrons. The molecule has 2 aliphatic rings. The summed E-state index contributed by atoms with van der Waals surface area (Å²) in [5.74, 6) is -1.49. The van der Waals surface area contributed by atoms with Gasteiger partial charge in [0.2, 0.25) is 5.91 Å². The third-order valence-corrected chi connectivity index (χ3v) is 7.39. The molecule has 12 nitrogen and oxygen atoms in total. The Morgan fingerprint density at radius 1 is 1.32 bits per heavy atom. The minimum absolute atomic E-state index is 0.184. The first kappa shape index (κ1) is 28.5. The molecular formula is C24H30N3O9P. The van der Waals surface area contributed by atoms with Gasteiger partial charge in [-0.3, -0.25) is 23.8 Å². The van der Waals surface area contributed by atoms with Crippen LogP contribution in [0.1, 0.15) is 34.1 Å². The number of ether oxygens (including phenoxy) is 2. The number of aliphatic hydroxyl groups excluding tert-OH is 1. The molecule has 2 aliphatic heterocycles. The first-order valence-corrected chi connectivity index (χ1v) is 13.2. The minimum Gasteiger partial charge on any atom is -0.462 e. The molecule has 0 saturated carbocycles. The molecular weight excluding hydrogens is 505 g/mol. The Balaban J connectivity index is 1.80. The van der Waals surface area contributed by atoms with Crippen LogP contribution in [-0.4, -0.2) is 64.9 Å². The summed E-state index contributed by atoms with van der Waals surface area (Å²) in [5, 5.41) is 23.3. The van der Waals surface area contributed by atoms with Crippen molar-refractivity contribution in [2.75, 3.05) is 6.61 Å². The number of amides is 1.